The van der Waals surface area contributed by atoms with Crippen LogP contribution in [-0.2, 0) is 12.8 Å². The van der Waals surface area contributed by atoms with E-state index in [-0.39, 0.29) is 0 Å². The quantitative estimate of drug-likeness (QED) is 0.665. The molecule has 0 saturated carbocycles. The van der Waals surface area contributed by atoms with Crippen LogP contribution < -0.4 is 0 Å². The van der Waals surface area contributed by atoms with Gasteiger partial charge >= 0.3 is 0 Å². The van der Waals surface area contributed by atoms with Crippen LogP contribution in [0.1, 0.15) is 23.7 Å². The minimum atomic E-state index is 0.360. The van der Waals surface area contributed by atoms with Gasteiger partial charge in [-0.15, -0.1) is 22.9 Å². The van der Waals surface area contributed by atoms with Crippen LogP contribution in [0.25, 0.3) is 11.0 Å². The Balaban J connectivity index is 2.01. The summed E-state index contributed by atoms with van der Waals surface area (Å²) in [6, 6.07) is 6.68. The molecule has 0 amide bonds. The highest BCUT2D eigenvalue weighted by atomic mass is 35.5. The number of alkyl halides is 1. The summed E-state index contributed by atoms with van der Waals surface area (Å²) in [5, 5.41) is 2.12. The third kappa shape index (κ3) is 2.58. The van der Waals surface area contributed by atoms with E-state index in [0.29, 0.717) is 11.9 Å². The number of imidazole rings is 1. The second-order valence-electron chi connectivity index (χ2n) is 4.83. The van der Waals surface area contributed by atoms with Gasteiger partial charge in [0.05, 0.1) is 11.7 Å². The van der Waals surface area contributed by atoms with Gasteiger partial charge in [0.1, 0.15) is 11.3 Å². The van der Waals surface area contributed by atoms with Crippen molar-refractivity contribution in [2.24, 2.45) is 0 Å². The number of aromatic nitrogens is 3. The first-order chi connectivity index (χ1) is 9.79. The molecule has 0 radical (unpaired) electrons. The van der Waals surface area contributed by atoms with E-state index in [2.05, 4.69) is 39.0 Å². The zero-order valence-electron chi connectivity index (χ0n) is 11.3. The lowest BCUT2D eigenvalue weighted by Crippen LogP contribution is -2.12. The normalized spacial score (nSPS) is 12.9. The highest BCUT2D eigenvalue weighted by Gasteiger charge is 2.16. The van der Waals surface area contributed by atoms with E-state index in [1.54, 1.807) is 11.3 Å². The smallest absolute Gasteiger partial charge is 0.111 e. The first-order valence-electron chi connectivity index (χ1n) is 6.68. The molecule has 0 spiro atoms. The van der Waals surface area contributed by atoms with Crippen molar-refractivity contribution in [1.29, 1.82) is 0 Å². The van der Waals surface area contributed by atoms with Crippen molar-refractivity contribution in [2.75, 3.05) is 5.88 Å². The Labute approximate surface area is 127 Å². The first kappa shape index (κ1) is 13.6. The molecular weight excluding hydrogens is 290 g/mol. The van der Waals surface area contributed by atoms with Gasteiger partial charge in [-0.25, -0.2) is 4.98 Å². The fourth-order valence-corrected chi connectivity index (χ4v) is 3.56. The molecule has 0 saturated heterocycles. The average molecular weight is 306 g/mol. The maximum Gasteiger partial charge on any atom is 0.111 e. The predicted octanol–water partition coefficient (Wildman–Crippen LogP) is 4.08. The molecule has 1 atom stereocenters. The monoisotopic (exact) mass is 305 g/mol. The van der Waals surface area contributed by atoms with Crippen molar-refractivity contribution in [3.8, 4) is 0 Å². The van der Waals surface area contributed by atoms with Gasteiger partial charge in [0, 0.05) is 35.8 Å². The summed E-state index contributed by atoms with van der Waals surface area (Å²) in [5.41, 5.74) is 2.09. The summed E-state index contributed by atoms with van der Waals surface area (Å²) in [5.74, 6) is 1.63. The molecule has 0 bridgehead atoms. The molecule has 0 fully saturated rings. The number of fused-ring (bicyclic) bond motifs is 1. The van der Waals surface area contributed by atoms with Crippen LogP contribution in [0.15, 0.2) is 36.0 Å². The van der Waals surface area contributed by atoms with Crippen molar-refractivity contribution in [2.45, 2.75) is 25.8 Å². The lowest BCUT2D eigenvalue weighted by molar-refractivity contribution is 0.541. The number of hydrogen-bond acceptors (Lipinski definition) is 3. The highest BCUT2D eigenvalue weighted by molar-refractivity contribution is 7.09. The lowest BCUT2D eigenvalue weighted by atomic mass is 10.2. The molecule has 3 heterocycles. The van der Waals surface area contributed by atoms with Gasteiger partial charge in [0.15, 0.2) is 0 Å². The standard InChI is InChI=1S/C15H16ClN3S/c1-11(9-12-3-2-8-20-12)19-14-5-7-17-10-13(14)18-15(19)4-6-16/h2-3,5,7-8,10-11H,4,6,9H2,1H3. The number of hydrogen-bond donors (Lipinski definition) is 0. The Morgan fingerprint density at radius 1 is 1.40 bits per heavy atom. The molecule has 0 aliphatic carbocycles. The predicted molar refractivity (Wildman–Crippen MR) is 84.7 cm³/mol. The highest BCUT2D eigenvalue weighted by Crippen LogP contribution is 2.25. The fourth-order valence-electron chi connectivity index (χ4n) is 2.56. The van der Waals surface area contributed by atoms with Gasteiger partial charge in [-0.1, -0.05) is 6.07 Å². The van der Waals surface area contributed by atoms with E-state index in [9.17, 15) is 0 Å². The van der Waals surface area contributed by atoms with Crippen LogP contribution in [-0.4, -0.2) is 20.4 Å². The molecule has 0 aromatic carbocycles. The minimum Gasteiger partial charge on any atom is -0.325 e. The molecular formula is C15H16ClN3S. The van der Waals surface area contributed by atoms with Crippen molar-refractivity contribution in [3.05, 3.63) is 46.7 Å². The van der Waals surface area contributed by atoms with E-state index in [1.165, 1.54) is 4.88 Å². The van der Waals surface area contributed by atoms with Crippen molar-refractivity contribution in [3.63, 3.8) is 0 Å². The summed E-state index contributed by atoms with van der Waals surface area (Å²) in [4.78, 5) is 10.2. The lowest BCUT2D eigenvalue weighted by Gasteiger charge is -2.16. The van der Waals surface area contributed by atoms with Crippen LogP contribution in [0.2, 0.25) is 0 Å². The third-order valence-corrected chi connectivity index (χ3v) is 4.49. The van der Waals surface area contributed by atoms with Crippen LogP contribution >= 0.6 is 22.9 Å². The number of thiophene rings is 1. The van der Waals surface area contributed by atoms with Crippen molar-refractivity contribution >= 4 is 34.0 Å². The van der Waals surface area contributed by atoms with Gasteiger partial charge in [0.25, 0.3) is 0 Å². The van der Waals surface area contributed by atoms with Crippen LogP contribution in [0.5, 0.6) is 0 Å². The van der Waals surface area contributed by atoms with Crippen molar-refractivity contribution < 1.29 is 0 Å². The summed E-state index contributed by atoms with van der Waals surface area (Å²) in [7, 11) is 0. The second kappa shape index (κ2) is 5.94. The molecule has 5 heteroatoms. The Bertz CT molecular complexity index is 690. The third-order valence-electron chi connectivity index (χ3n) is 3.40. The molecule has 20 heavy (non-hydrogen) atoms. The molecule has 0 aliphatic rings. The average Bonchev–Trinajstić information content (AvgIpc) is 3.05. The molecule has 3 rings (SSSR count). The molecule has 3 nitrogen and oxygen atoms in total. The number of aryl methyl sites for hydroxylation is 1. The van der Waals surface area contributed by atoms with Gasteiger partial charge < -0.3 is 4.57 Å². The largest absolute Gasteiger partial charge is 0.325 e. The molecule has 1 unspecified atom stereocenters. The SMILES string of the molecule is CC(Cc1cccs1)n1c(CCCl)nc2cnccc21. The molecule has 0 aliphatic heterocycles. The van der Waals surface area contributed by atoms with Gasteiger partial charge in [0.2, 0.25) is 0 Å². The van der Waals surface area contributed by atoms with Crippen LogP contribution in [0.4, 0.5) is 0 Å². The zero-order valence-corrected chi connectivity index (χ0v) is 12.9. The summed E-state index contributed by atoms with van der Waals surface area (Å²) >= 11 is 7.72. The van der Waals surface area contributed by atoms with Gasteiger partial charge in [-0.2, -0.15) is 0 Å². The summed E-state index contributed by atoms with van der Waals surface area (Å²) < 4.78 is 2.30. The first-order valence-corrected chi connectivity index (χ1v) is 8.10. The number of halogens is 1. The van der Waals surface area contributed by atoms with Crippen LogP contribution in [0.3, 0.4) is 0 Å². The Hall–Kier alpha value is -1.39. The molecule has 3 aromatic rings. The van der Waals surface area contributed by atoms with Gasteiger partial charge in [-0.3, -0.25) is 4.98 Å². The zero-order chi connectivity index (χ0) is 13.9. The second-order valence-corrected chi connectivity index (χ2v) is 6.24. The van der Waals surface area contributed by atoms with Gasteiger partial charge in [-0.05, 0) is 24.4 Å². The topological polar surface area (TPSA) is 30.7 Å². The number of nitrogens with zero attached hydrogens (tertiary/aromatic N) is 3. The van der Waals surface area contributed by atoms with Crippen molar-refractivity contribution in [1.82, 2.24) is 14.5 Å². The minimum absolute atomic E-state index is 0.360. The summed E-state index contributed by atoms with van der Waals surface area (Å²) in [6.07, 6.45) is 5.44. The fraction of sp³-hybridized carbons (Fsp3) is 0.333. The van der Waals surface area contributed by atoms with E-state index >= 15 is 0 Å². The Morgan fingerprint density at radius 3 is 3.05 bits per heavy atom. The Kier molecular flexibility index (Phi) is 4.03. The molecule has 3 aromatic heterocycles. The molecule has 0 N–H and O–H groups in total. The van der Waals surface area contributed by atoms with E-state index in [1.807, 2.05) is 18.5 Å². The molecule has 104 valence electrons. The Morgan fingerprint density at radius 2 is 2.30 bits per heavy atom. The maximum atomic E-state index is 5.92. The van der Waals surface area contributed by atoms with E-state index < -0.39 is 0 Å². The summed E-state index contributed by atoms with van der Waals surface area (Å²) in [6.45, 7) is 2.24. The maximum absolute atomic E-state index is 5.92. The van der Waals surface area contributed by atoms with E-state index in [0.717, 1.165) is 29.7 Å². The van der Waals surface area contributed by atoms with Crippen LogP contribution in [0, 0.1) is 0 Å². The number of rotatable bonds is 5. The van der Waals surface area contributed by atoms with E-state index in [4.69, 9.17) is 11.6 Å². The number of pyridine rings is 1.